The Kier molecular flexibility index (Phi) is 3.41. The fourth-order valence-corrected chi connectivity index (χ4v) is 3.19. The van der Waals surface area contributed by atoms with Crippen LogP contribution in [0.15, 0.2) is 34.7 Å². The fourth-order valence-electron chi connectivity index (χ4n) is 3.19. The average Bonchev–Trinajstić information content (AvgIpc) is 3.31. The molecule has 24 heavy (non-hydrogen) atoms. The number of nitrogens with zero attached hydrogens (tertiary/aromatic N) is 1. The van der Waals surface area contributed by atoms with Crippen LogP contribution in [0.2, 0.25) is 0 Å². The summed E-state index contributed by atoms with van der Waals surface area (Å²) in [7, 11) is 0. The van der Waals surface area contributed by atoms with Crippen molar-refractivity contribution in [1.82, 2.24) is 4.90 Å². The highest BCUT2D eigenvalue weighted by molar-refractivity contribution is 5.94. The number of benzene rings is 1. The Morgan fingerprint density at radius 1 is 1.08 bits per heavy atom. The van der Waals surface area contributed by atoms with E-state index in [1.165, 1.54) is 12.1 Å². The van der Waals surface area contributed by atoms with E-state index in [-0.39, 0.29) is 30.3 Å². The molecular weight excluding hydrogens is 314 g/mol. The lowest BCUT2D eigenvalue weighted by molar-refractivity contribution is 0.0645. The molecule has 0 spiro atoms. The van der Waals surface area contributed by atoms with Gasteiger partial charge in [0.15, 0.2) is 17.3 Å². The molecule has 3 heterocycles. The molecule has 2 aliphatic rings. The van der Waals surface area contributed by atoms with Crippen LogP contribution in [-0.4, -0.2) is 35.2 Å². The molecule has 1 saturated heterocycles. The van der Waals surface area contributed by atoms with Gasteiger partial charge in [-0.2, -0.15) is 0 Å². The Bertz CT molecular complexity index is 811. The number of aromatic carboxylic acids is 1. The van der Waals surface area contributed by atoms with Gasteiger partial charge in [0.2, 0.25) is 12.6 Å². The van der Waals surface area contributed by atoms with E-state index in [0.29, 0.717) is 18.0 Å². The van der Waals surface area contributed by atoms with Crippen LogP contribution in [-0.2, 0) is 0 Å². The quantitative estimate of drug-likeness (QED) is 0.931. The highest BCUT2D eigenvalue weighted by Crippen LogP contribution is 2.39. The molecule has 1 fully saturated rings. The van der Waals surface area contributed by atoms with Gasteiger partial charge >= 0.3 is 5.97 Å². The first-order chi connectivity index (χ1) is 11.6. The van der Waals surface area contributed by atoms with Crippen molar-refractivity contribution >= 4 is 11.9 Å². The highest BCUT2D eigenvalue weighted by Gasteiger charge is 2.33. The van der Waals surface area contributed by atoms with Crippen molar-refractivity contribution in [3.8, 4) is 11.5 Å². The number of carboxylic acids is 1. The average molecular weight is 329 g/mol. The predicted molar refractivity (Wildman–Crippen MR) is 81.2 cm³/mol. The maximum atomic E-state index is 12.7. The summed E-state index contributed by atoms with van der Waals surface area (Å²) in [4.78, 5) is 25.3. The molecule has 2 aromatic rings. The zero-order valence-electron chi connectivity index (χ0n) is 12.7. The summed E-state index contributed by atoms with van der Waals surface area (Å²) in [6, 6.07) is 8.26. The maximum Gasteiger partial charge on any atom is 0.371 e. The van der Waals surface area contributed by atoms with E-state index in [1.54, 1.807) is 4.90 Å². The maximum absolute atomic E-state index is 12.7. The Balaban J connectivity index is 1.60. The number of likely N-dealkylation sites (tertiary alicyclic amines) is 1. The molecule has 0 bridgehead atoms. The van der Waals surface area contributed by atoms with E-state index in [2.05, 4.69) is 0 Å². The van der Waals surface area contributed by atoms with E-state index in [0.717, 1.165) is 18.4 Å². The second-order valence-electron chi connectivity index (χ2n) is 5.74. The molecule has 4 rings (SSSR count). The first kappa shape index (κ1) is 14.6. The van der Waals surface area contributed by atoms with Gasteiger partial charge < -0.3 is 23.9 Å². The number of fused-ring (bicyclic) bond motifs is 1. The lowest BCUT2D eigenvalue weighted by atomic mass is 10.0. The Labute approximate surface area is 137 Å². The van der Waals surface area contributed by atoms with Crippen LogP contribution >= 0.6 is 0 Å². The molecule has 124 valence electrons. The molecular formula is C17H15NO6. The van der Waals surface area contributed by atoms with Crippen molar-refractivity contribution in [2.45, 2.75) is 18.9 Å². The van der Waals surface area contributed by atoms with Gasteiger partial charge in [0, 0.05) is 6.54 Å². The van der Waals surface area contributed by atoms with Crippen LogP contribution in [0.3, 0.4) is 0 Å². The summed E-state index contributed by atoms with van der Waals surface area (Å²) in [5, 5.41) is 8.92. The molecule has 0 saturated carbocycles. The zero-order chi connectivity index (χ0) is 16.7. The number of furan rings is 1. The molecule has 2 aliphatic heterocycles. The third kappa shape index (κ3) is 2.38. The van der Waals surface area contributed by atoms with Crippen LogP contribution < -0.4 is 9.47 Å². The number of amides is 1. The van der Waals surface area contributed by atoms with Gasteiger partial charge in [0.05, 0.1) is 6.04 Å². The van der Waals surface area contributed by atoms with Crippen LogP contribution in [0.4, 0.5) is 0 Å². The number of hydrogen-bond donors (Lipinski definition) is 1. The van der Waals surface area contributed by atoms with E-state index in [4.69, 9.17) is 19.0 Å². The number of carboxylic acid groups (broad SMARTS) is 1. The van der Waals surface area contributed by atoms with Gasteiger partial charge in [-0.3, -0.25) is 4.79 Å². The van der Waals surface area contributed by atoms with E-state index in [9.17, 15) is 9.59 Å². The van der Waals surface area contributed by atoms with Crippen LogP contribution in [0.5, 0.6) is 11.5 Å². The van der Waals surface area contributed by atoms with Crippen LogP contribution in [0.25, 0.3) is 0 Å². The van der Waals surface area contributed by atoms with Crippen molar-refractivity contribution < 1.29 is 28.6 Å². The molecule has 7 heteroatoms. The minimum absolute atomic E-state index is 0.0417. The second-order valence-corrected chi connectivity index (χ2v) is 5.74. The molecule has 1 aromatic carbocycles. The summed E-state index contributed by atoms with van der Waals surface area (Å²) >= 11 is 0. The molecule has 1 atom stereocenters. The normalized spacial score (nSPS) is 18.8. The smallest absolute Gasteiger partial charge is 0.371 e. The van der Waals surface area contributed by atoms with Gasteiger partial charge in [-0.1, -0.05) is 6.07 Å². The number of rotatable bonds is 3. The minimum Gasteiger partial charge on any atom is -0.475 e. The summed E-state index contributed by atoms with van der Waals surface area (Å²) in [5.74, 6) is -0.313. The van der Waals surface area contributed by atoms with Crippen molar-refractivity contribution in [2.75, 3.05) is 13.3 Å². The number of hydrogen-bond acceptors (Lipinski definition) is 5. The Morgan fingerprint density at radius 3 is 2.67 bits per heavy atom. The number of ether oxygens (including phenoxy) is 2. The zero-order valence-corrected chi connectivity index (χ0v) is 12.7. The Hall–Kier alpha value is -2.96. The lowest BCUT2D eigenvalue weighted by Gasteiger charge is -2.24. The molecule has 0 aliphatic carbocycles. The summed E-state index contributed by atoms with van der Waals surface area (Å²) < 4.78 is 15.9. The topological polar surface area (TPSA) is 89.2 Å². The lowest BCUT2D eigenvalue weighted by Crippen LogP contribution is -2.30. The van der Waals surface area contributed by atoms with Gasteiger partial charge in [0.25, 0.3) is 5.91 Å². The molecule has 7 nitrogen and oxygen atoms in total. The second kappa shape index (κ2) is 5.59. The largest absolute Gasteiger partial charge is 0.475 e. The molecule has 1 aromatic heterocycles. The molecule has 1 unspecified atom stereocenters. The van der Waals surface area contributed by atoms with Crippen LogP contribution in [0.1, 0.15) is 45.6 Å². The van der Waals surface area contributed by atoms with Gasteiger partial charge in [0.1, 0.15) is 0 Å². The number of carbonyl (C=O) groups is 2. The summed E-state index contributed by atoms with van der Waals surface area (Å²) in [5.41, 5.74) is 0.968. The monoisotopic (exact) mass is 329 g/mol. The van der Waals surface area contributed by atoms with E-state index >= 15 is 0 Å². The summed E-state index contributed by atoms with van der Waals surface area (Å²) in [6.07, 6.45) is 1.70. The van der Waals surface area contributed by atoms with Crippen LogP contribution in [0, 0.1) is 0 Å². The third-order valence-corrected chi connectivity index (χ3v) is 4.32. The molecule has 1 N–H and O–H groups in total. The van der Waals surface area contributed by atoms with Crippen molar-refractivity contribution in [3.05, 3.63) is 47.4 Å². The fraction of sp³-hybridized carbons (Fsp3) is 0.294. The number of carbonyl (C=O) groups excluding carboxylic acids is 1. The first-order valence-corrected chi connectivity index (χ1v) is 7.67. The predicted octanol–water partition coefficient (Wildman–Crippen LogP) is 2.68. The van der Waals surface area contributed by atoms with Crippen molar-refractivity contribution in [3.63, 3.8) is 0 Å². The molecule has 0 radical (unpaired) electrons. The van der Waals surface area contributed by atoms with E-state index < -0.39 is 5.97 Å². The first-order valence-electron chi connectivity index (χ1n) is 7.67. The van der Waals surface area contributed by atoms with E-state index in [1.807, 2.05) is 18.2 Å². The summed E-state index contributed by atoms with van der Waals surface area (Å²) in [6.45, 7) is 0.803. The standard InChI is InChI=1S/C17H15NO6/c19-16(13-5-6-14(24-13)17(20)21)18-7-1-2-11(18)10-3-4-12-15(8-10)23-9-22-12/h3-6,8,11H,1-2,7,9H2,(H,20,21). The highest BCUT2D eigenvalue weighted by atomic mass is 16.7. The Morgan fingerprint density at radius 2 is 1.88 bits per heavy atom. The third-order valence-electron chi connectivity index (χ3n) is 4.32. The van der Waals surface area contributed by atoms with Crippen molar-refractivity contribution in [1.29, 1.82) is 0 Å². The van der Waals surface area contributed by atoms with Crippen molar-refractivity contribution in [2.24, 2.45) is 0 Å². The van der Waals surface area contributed by atoms with Gasteiger partial charge in [-0.25, -0.2) is 4.79 Å². The minimum atomic E-state index is -1.19. The van der Waals surface area contributed by atoms with Gasteiger partial charge in [-0.05, 0) is 42.7 Å². The molecule has 1 amide bonds. The SMILES string of the molecule is O=C(O)c1ccc(C(=O)N2CCCC2c2ccc3c(c2)OCO3)o1. The van der Waals surface area contributed by atoms with Gasteiger partial charge in [-0.15, -0.1) is 0 Å².